The lowest BCUT2D eigenvalue weighted by atomic mass is 9.81. The molecular weight excluding hydrogens is 594 g/mol. The molecule has 3 aliphatic rings. The number of hydrazine groups is 1. The molecular formula is C23H18Br2ClN3O5. The summed E-state index contributed by atoms with van der Waals surface area (Å²) in [7, 11) is 0. The van der Waals surface area contributed by atoms with Crippen molar-refractivity contribution in [2.24, 2.45) is 23.7 Å². The number of benzene rings is 2. The van der Waals surface area contributed by atoms with Gasteiger partial charge in [0.25, 0.3) is 23.4 Å². The highest BCUT2D eigenvalue weighted by Crippen LogP contribution is 2.60. The zero-order valence-electron chi connectivity index (χ0n) is 17.5. The van der Waals surface area contributed by atoms with Crippen LogP contribution in [0.25, 0.3) is 0 Å². The van der Waals surface area contributed by atoms with Crippen molar-refractivity contribution in [3.05, 3.63) is 74.8 Å². The van der Waals surface area contributed by atoms with Crippen LogP contribution in [0, 0.1) is 33.8 Å². The highest BCUT2D eigenvalue weighted by atomic mass is 79.9. The lowest BCUT2D eigenvalue weighted by molar-refractivity contribution is -0.385. The number of carbonyl (C=O) groups is 3. The van der Waals surface area contributed by atoms with Gasteiger partial charge < -0.3 is 0 Å². The number of nitrogens with zero attached hydrogens (tertiary/aromatic N) is 3. The molecule has 0 spiro atoms. The van der Waals surface area contributed by atoms with Crippen LogP contribution in [0.15, 0.2) is 48.5 Å². The number of nitro groups is 1. The summed E-state index contributed by atoms with van der Waals surface area (Å²) in [4.78, 5) is 51.9. The molecule has 2 aromatic carbocycles. The average molecular weight is 612 g/mol. The molecule has 0 radical (unpaired) electrons. The van der Waals surface area contributed by atoms with Gasteiger partial charge in [0.15, 0.2) is 0 Å². The van der Waals surface area contributed by atoms with E-state index in [1.165, 1.54) is 24.3 Å². The van der Waals surface area contributed by atoms with E-state index in [2.05, 4.69) is 31.9 Å². The minimum absolute atomic E-state index is 0.0284. The second-order valence-electron chi connectivity index (χ2n) is 8.76. The molecule has 0 aromatic heterocycles. The highest BCUT2D eigenvalue weighted by Gasteiger charge is 2.67. The van der Waals surface area contributed by atoms with E-state index in [0.717, 1.165) is 16.4 Å². The largest absolute Gasteiger partial charge is 0.282 e. The summed E-state index contributed by atoms with van der Waals surface area (Å²) in [5.74, 6) is -2.77. The third kappa shape index (κ3) is 3.58. The number of hydrogen-bond donors (Lipinski definition) is 0. The fourth-order valence-corrected chi connectivity index (χ4v) is 7.52. The third-order valence-electron chi connectivity index (χ3n) is 7.02. The molecule has 2 aromatic rings. The maximum atomic E-state index is 13.7. The third-order valence-corrected chi connectivity index (χ3v) is 10.5. The minimum atomic E-state index is -0.790. The number of rotatable bonds is 5. The Labute approximate surface area is 216 Å². The summed E-state index contributed by atoms with van der Waals surface area (Å²) in [5.41, 5.74) is 0.0292. The quantitative estimate of drug-likeness (QED) is 0.213. The molecule has 3 fully saturated rings. The average Bonchev–Trinajstić information content (AvgIpc) is 3.43. The normalized spacial score (nSPS) is 29.4. The van der Waals surface area contributed by atoms with Crippen molar-refractivity contribution in [1.82, 2.24) is 10.0 Å². The molecule has 1 saturated heterocycles. The molecule has 34 heavy (non-hydrogen) atoms. The second-order valence-corrected chi connectivity index (χ2v) is 11.3. The van der Waals surface area contributed by atoms with E-state index in [9.17, 15) is 24.5 Å². The SMILES string of the molecule is O=C(c1ccccc1[N+](=O)[O-])N(Cc1ccc(Cl)cc1)N1C(=O)[C@@H]2[C@H]3C[C@@H]([C@@H](Br)[C@H]3Br)[C@H]2C1=O. The zero-order chi connectivity index (χ0) is 24.3. The summed E-state index contributed by atoms with van der Waals surface area (Å²) in [6.45, 7) is -0.121. The maximum Gasteiger partial charge on any atom is 0.282 e. The van der Waals surface area contributed by atoms with Crippen LogP contribution in [0.3, 0.4) is 0 Å². The Morgan fingerprint density at radius 2 is 1.59 bits per heavy atom. The van der Waals surface area contributed by atoms with Crippen molar-refractivity contribution >= 4 is 66.9 Å². The predicted molar refractivity (Wildman–Crippen MR) is 130 cm³/mol. The van der Waals surface area contributed by atoms with Crippen LogP contribution >= 0.6 is 43.5 Å². The Bertz CT molecular complexity index is 1180. The number of alkyl halides is 2. The second kappa shape index (κ2) is 8.73. The van der Waals surface area contributed by atoms with E-state index in [0.29, 0.717) is 10.6 Å². The first-order valence-corrected chi connectivity index (χ1v) is 12.9. The summed E-state index contributed by atoms with van der Waals surface area (Å²) in [6, 6.07) is 12.2. The predicted octanol–water partition coefficient (Wildman–Crippen LogP) is 4.58. The van der Waals surface area contributed by atoms with E-state index >= 15 is 0 Å². The van der Waals surface area contributed by atoms with Gasteiger partial charge in [-0.05, 0) is 42.0 Å². The van der Waals surface area contributed by atoms with Crippen LogP contribution in [0.1, 0.15) is 22.3 Å². The summed E-state index contributed by atoms with van der Waals surface area (Å²) in [5, 5.41) is 14.0. The number of nitro benzene ring substituents is 1. The number of fused-ring (bicyclic) bond motifs is 5. The van der Waals surface area contributed by atoms with Crippen LogP contribution < -0.4 is 0 Å². The zero-order valence-corrected chi connectivity index (χ0v) is 21.4. The molecule has 1 heterocycles. The standard InChI is InChI=1S/C23H18Br2ClN3O5/c24-19-14-9-15(20(19)25)18-17(14)22(31)28(23(18)32)27(10-11-5-7-12(26)8-6-11)21(30)13-3-1-2-4-16(13)29(33)34/h1-8,14-15,17-20H,9-10H2/t14-,15-,17-,18-,19-,20+/m1/s1. The Morgan fingerprint density at radius 3 is 2.15 bits per heavy atom. The highest BCUT2D eigenvalue weighted by molar-refractivity contribution is 9.12. The Hall–Kier alpha value is -2.30. The molecule has 6 atom stereocenters. The first-order chi connectivity index (χ1) is 16.2. The van der Waals surface area contributed by atoms with Crippen LogP contribution in [-0.2, 0) is 16.1 Å². The molecule has 11 heteroatoms. The molecule has 8 nitrogen and oxygen atoms in total. The first kappa shape index (κ1) is 23.4. The number of halogens is 3. The monoisotopic (exact) mass is 609 g/mol. The topological polar surface area (TPSA) is 101 Å². The van der Waals surface area contributed by atoms with Gasteiger partial charge in [0.1, 0.15) is 5.56 Å². The lowest BCUT2D eigenvalue weighted by Gasteiger charge is -2.31. The van der Waals surface area contributed by atoms with Crippen molar-refractivity contribution in [3.8, 4) is 0 Å². The molecule has 2 saturated carbocycles. The van der Waals surface area contributed by atoms with Gasteiger partial charge >= 0.3 is 0 Å². The number of imide groups is 1. The van der Waals surface area contributed by atoms with E-state index in [4.69, 9.17) is 11.6 Å². The molecule has 1 aliphatic heterocycles. The van der Waals surface area contributed by atoms with Gasteiger partial charge in [0, 0.05) is 20.7 Å². The van der Waals surface area contributed by atoms with E-state index in [-0.39, 0.29) is 33.6 Å². The van der Waals surface area contributed by atoms with E-state index < -0.39 is 40.2 Å². The van der Waals surface area contributed by atoms with Crippen LogP contribution in [0.5, 0.6) is 0 Å². The molecule has 2 bridgehead atoms. The van der Waals surface area contributed by atoms with Gasteiger partial charge in [-0.25, -0.2) is 5.01 Å². The number of amides is 3. The fourth-order valence-electron chi connectivity index (χ4n) is 5.52. The molecule has 0 unspecified atom stereocenters. The van der Waals surface area contributed by atoms with Gasteiger partial charge in [0.2, 0.25) is 0 Å². The van der Waals surface area contributed by atoms with Crippen molar-refractivity contribution in [2.45, 2.75) is 22.6 Å². The molecule has 0 N–H and O–H groups in total. The van der Waals surface area contributed by atoms with Crippen molar-refractivity contribution < 1.29 is 19.3 Å². The molecule has 176 valence electrons. The number of hydrogen-bond acceptors (Lipinski definition) is 5. The Morgan fingerprint density at radius 1 is 1.03 bits per heavy atom. The van der Waals surface area contributed by atoms with Gasteiger partial charge in [-0.1, -0.05) is 67.7 Å². The van der Waals surface area contributed by atoms with E-state index in [1.54, 1.807) is 24.3 Å². The fraction of sp³-hybridized carbons (Fsp3) is 0.348. The van der Waals surface area contributed by atoms with Crippen molar-refractivity contribution in [1.29, 1.82) is 0 Å². The van der Waals surface area contributed by atoms with E-state index in [1.807, 2.05) is 0 Å². The number of para-hydroxylation sites is 1. The molecule has 5 rings (SSSR count). The molecule has 2 aliphatic carbocycles. The van der Waals surface area contributed by atoms with Crippen molar-refractivity contribution in [3.63, 3.8) is 0 Å². The maximum absolute atomic E-state index is 13.7. The minimum Gasteiger partial charge on any atom is -0.272 e. The van der Waals surface area contributed by atoms with Gasteiger partial charge in [-0.15, -0.1) is 0 Å². The summed E-state index contributed by atoms with van der Waals surface area (Å²) >= 11 is 13.3. The van der Waals surface area contributed by atoms with Crippen LogP contribution in [-0.4, -0.2) is 42.3 Å². The lowest BCUT2D eigenvalue weighted by Crippen LogP contribution is -2.50. The molecule has 3 amide bonds. The van der Waals surface area contributed by atoms with Gasteiger partial charge in [-0.2, -0.15) is 5.01 Å². The van der Waals surface area contributed by atoms with Crippen LogP contribution in [0.4, 0.5) is 5.69 Å². The first-order valence-electron chi connectivity index (χ1n) is 10.7. The smallest absolute Gasteiger partial charge is 0.272 e. The summed E-state index contributed by atoms with van der Waals surface area (Å²) < 4.78 is 0. The van der Waals surface area contributed by atoms with Gasteiger partial charge in [-0.3, -0.25) is 24.5 Å². The summed E-state index contributed by atoms with van der Waals surface area (Å²) in [6.07, 6.45) is 0.752. The Balaban J connectivity index is 1.56. The number of carbonyl (C=O) groups excluding carboxylic acids is 3. The van der Waals surface area contributed by atoms with Crippen LogP contribution in [0.2, 0.25) is 5.02 Å². The van der Waals surface area contributed by atoms with Gasteiger partial charge in [0.05, 0.1) is 23.3 Å². The van der Waals surface area contributed by atoms with Crippen molar-refractivity contribution in [2.75, 3.05) is 0 Å². The Kier molecular flexibility index (Phi) is 6.02.